The number of benzene rings is 2. The first-order valence-corrected chi connectivity index (χ1v) is 10.9. The lowest BCUT2D eigenvalue weighted by atomic mass is 10.1. The van der Waals surface area contributed by atoms with Gasteiger partial charge in [0.25, 0.3) is 0 Å². The summed E-state index contributed by atoms with van der Waals surface area (Å²) in [6, 6.07) is 15.3. The highest BCUT2D eigenvalue weighted by Gasteiger charge is 2.00. The lowest BCUT2D eigenvalue weighted by Gasteiger charge is -2.00. The standard InChI is InChI=1S/C28H30F2/c1-3-5-7-9-23-11-15-25(16-12-23)19-21-27(29)28(30)22-20-26-17-13-24(14-18-26)10-8-6-4-2/h11-18H,3-10H2,1-2H3/b28-27+. The quantitative estimate of drug-likeness (QED) is 0.312. The van der Waals surface area contributed by atoms with Crippen molar-refractivity contribution < 1.29 is 8.78 Å². The first-order chi connectivity index (χ1) is 14.6. The third kappa shape index (κ3) is 8.67. The summed E-state index contributed by atoms with van der Waals surface area (Å²) in [7, 11) is 0. The monoisotopic (exact) mass is 404 g/mol. The maximum Gasteiger partial charge on any atom is 0.217 e. The van der Waals surface area contributed by atoms with Crippen molar-refractivity contribution in [3.63, 3.8) is 0 Å². The number of hydrogen-bond acceptors (Lipinski definition) is 0. The minimum Gasteiger partial charge on any atom is -0.193 e. The molecule has 0 radical (unpaired) electrons. The molecule has 0 saturated carbocycles. The van der Waals surface area contributed by atoms with Gasteiger partial charge in [0, 0.05) is 11.1 Å². The van der Waals surface area contributed by atoms with E-state index < -0.39 is 11.7 Å². The van der Waals surface area contributed by atoms with Crippen LogP contribution in [0.25, 0.3) is 0 Å². The summed E-state index contributed by atoms with van der Waals surface area (Å²) < 4.78 is 27.9. The predicted molar refractivity (Wildman–Crippen MR) is 122 cm³/mol. The Morgan fingerprint density at radius 2 is 0.967 bits per heavy atom. The minimum atomic E-state index is -1.13. The fourth-order valence-electron chi connectivity index (χ4n) is 3.03. The minimum absolute atomic E-state index is 0.656. The van der Waals surface area contributed by atoms with Crippen LogP contribution in [0.1, 0.15) is 74.6 Å². The van der Waals surface area contributed by atoms with Gasteiger partial charge in [-0.05, 0) is 72.9 Å². The van der Waals surface area contributed by atoms with E-state index >= 15 is 0 Å². The molecule has 0 unspecified atom stereocenters. The zero-order valence-electron chi connectivity index (χ0n) is 18.0. The van der Waals surface area contributed by atoms with Crippen molar-refractivity contribution in [3.8, 4) is 23.7 Å². The molecule has 0 N–H and O–H groups in total. The average molecular weight is 405 g/mol. The van der Waals surface area contributed by atoms with Crippen LogP contribution in [0.4, 0.5) is 8.78 Å². The van der Waals surface area contributed by atoms with E-state index in [0.717, 1.165) is 25.7 Å². The second kappa shape index (κ2) is 13.4. The molecule has 0 nitrogen and oxygen atoms in total. The second-order valence-corrected chi connectivity index (χ2v) is 7.44. The van der Waals surface area contributed by atoms with E-state index in [-0.39, 0.29) is 0 Å². The summed E-state index contributed by atoms with van der Waals surface area (Å²) in [4.78, 5) is 0. The molecule has 0 spiro atoms. The molecule has 0 fully saturated rings. The topological polar surface area (TPSA) is 0 Å². The summed E-state index contributed by atoms with van der Waals surface area (Å²) in [5.41, 5.74) is 3.78. The Balaban J connectivity index is 1.96. The van der Waals surface area contributed by atoms with Crippen molar-refractivity contribution in [1.82, 2.24) is 0 Å². The summed E-state index contributed by atoms with van der Waals surface area (Å²) >= 11 is 0. The number of aryl methyl sites for hydroxylation is 2. The van der Waals surface area contributed by atoms with Gasteiger partial charge in [0.2, 0.25) is 11.7 Å². The molecule has 0 bridgehead atoms. The second-order valence-electron chi connectivity index (χ2n) is 7.44. The Morgan fingerprint density at radius 3 is 1.30 bits per heavy atom. The van der Waals surface area contributed by atoms with Crippen LogP contribution in [0.15, 0.2) is 60.2 Å². The smallest absolute Gasteiger partial charge is 0.193 e. The maximum absolute atomic E-state index is 13.9. The molecule has 30 heavy (non-hydrogen) atoms. The molecule has 0 aromatic heterocycles. The van der Waals surface area contributed by atoms with Gasteiger partial charge in [-0.3, -0.25) is 0 Å². The van der Waals surface area contributed by atoms with Crippen molar-refractivity contribution >= 4 is 0 Å². The number of halogens is 2. The van der Waals surface area contributed by atoms with E-state index in [9.17, 15) is 8.78 Å². The zero-order chi connectivity index (χ0) is 21.6. The van der Waals surface area contributed by atoms with Crippen LogP contribution in [-0.2, 0) is 12.8 Å². The first-order valence-electron chi connectivity index (χ1n) is 10.9. The fourth-order valence-corrected chi connectivity index (χ4v) is 3.03. The molecule has 156 valence electrons. The molecule has 0 aliphatic carbocycles. The van der Waals surface area contributed by atoms with Crippen LogP contribution in [0.3, 0.4) is 0 Å². The molecule has 2 aromatic carbocycles. The van der Waals surface area contributed by atoms with Crippen molar-refractivity contribution in [2.45, 2.75) is 65.2 Å². The number of hydrogen-bond donors (Lipinski definition) is 0. The lowest BCUT2D eigenvalue weighted by molar-refractivity contribution is 0.584. The van der Waals surface area contributed by atoms with Gasteiger partial charge in [0.1, 0.15) is 0 Å². The fraction of sp³-hybridized carbons (Fsp3) is 0.357. The van der Waals surface area contributed by atoms with Gasteiger partial charge in [0.15, 0.2) is 0 Å². The van der Waals surface area contributed by atoms with E-state index in [2.05, 4.69) is 37.5 Å². The highest BCUT2D eigenvalue weighted by Crippen LogP contribution is 2.11. The summed E-state index contributed by atoms with van der Waals surface area (Å²) in [6.45, 7) is 4.35. The summed E-state index contributed by atoms with van der Waals surface area (Å²) in [5, 5.41) is 0. The summed E-state index contributed by atoms with van der Waals surface area (Å²) in [6.07, 6.45) is 9.16. The molecule has 2 rings (SSSR count). The van der Waals surface area contributed by atoms with Gasteiger partial charge in [-0.2, -0.15) is 8.78 Å². The molecule has 2 heteroatoms. The van der Waals surface area contributed by atoms with Crippen LogP contribution in [0.2, 0.25) is 0 Å². The molecule has 0 aliphatic rings. The van der Waals surface area contributed by atoms with Gasteiger partial charge in [0.05, 0.1) is 0 Å². The van der Waals surface area contributed by atoms with Crippen LogP contribution in [0.5, 0.6) is 0 Å². The number of allylic oxidation sites excluding steroid dienone is 2. The Labute approximate surface area is 180 Å². The highest BCUT2D eigenvalue weighted by molar-refractivity contribution is 5.45. The van der Waals surface area contributed by atoms with Crippen LogP contribution >= 0.6 is 0 Å². The number of rotatable bonds is 8. The van der Waals surface area contributed by atoms with Gasteiger partial charge < -0.3 is 0 Å². The molecule has 0 amide bonds. The molecule has 2 aromatic rings. The van der Waals surface area contributed by atoms with Crippen molar-refractivity contribution in [3.05, 3.63) is 82.4 Å². The normalized spacial score (nSPS) is 11.1. The average Bonchev–Trinajstić information content (AvgIpc) is 2.78. The van der Waals surface area contributed by atoms with E-state index in [1.165, 1.54) is 36.8 Å². The van der Waals surface area contributed by atoms with Gasteiger partial charge in [-0.25, -0.2) is 0 Å². The van der Waals surface area contributed by atoms with Gasteiger partial charge in [-0.1, -0.05) is 75.6 Å². The van der Waals surface area contributed by atoms with Crippen molar-refractivity contribution in [2.75, 3.05) is 0 Å². The molecule has 0 saturated heterocycles. The summed E-state index contributed by atoms with van der Waals surface area (Å²) in [5.74, 6) is 7.51. The Morgan fingerprint density at radius 1 is 0.600 bits per heavy atom. The Hall–Kier alpha value is -2.84. The van der Waals surface area contributed by atoms with E-state index in [0.29, 0.717) is 11.1 Å². The molecule has 0 aliphatic heterocycles. The third-order valence-corrected chi connectivity index (χ3v) is 4.87. The lowest BCUT2D eigenvalue weighted by Crippen LogP contribution is -1.86. The largest absolute Gasteiger partial charge is 0.217 e. The SMILES string of the molecule is CCCCCc1ccc(C#C/C(F)=C(\F)C#Cc2ccc(CCCCC)cc2)cc1. The highest BCUT2D eigenvalue weighted by atomic mass is 19.2. The van der Waals surface area contributed by atoms with Crippen LogP contribution in [0, 0.1) is 23.7 Å². The number of unbranched alkanes of at least 4 members (excludes halogenated alkanes) is 4. The van der Waals surface area contributed by atoms with E-state index in [4.69, 9.17) is 0 Å². The van der Waals surface area contributed by atoms with E-state index in [1.54, 1.807) is 0 Å². The van der Waals surface area contributed by atoms with Crippen LogP contribution < -0.4 is 0 Å². The maximum atomic E-state index is 13.9. The van der Waals surface area contributed by atoms with Crippen molar-refractivity contribution in [1.29, 1.82) is 0 Å². The molecule has 0 atom stereocenters. The third-order valence-electron chi connectivity index (χ3n) is 4.87. The first kappa shape index (κ1) is 23.4. The van der Waals surface area contributed by atoms with Gasteiger partial charge >= 0.3 is 0 Å². The van der Waals surface area contributed by atoms with Crippen LogP contribution in [-0.4, -0.2) is 0 Å². The molecule has 0 heterocycles. The molecular formula is C28H30F2. The van der Waals surface area contributed by atoms with E-state index in [1.807, 2.05) is 48.5 Å². The Bertz CT molecular complexity index is 847. The Kier molecular flexibility index (Phi) is 10.5. The van der Waals surface area contributed by atoms with Crippen molar-refractivity contribution in [2.24, 2.45) is 0 Å². The molecular weight excluding hydrogens is 374 g/mol. The zero-order valence-corrected chi connectivity index (χ0v) is 18.0. The van der Waals surface area contributed by atoms with Gasteiger partial charge in [-0.15, -0.1) is 0 Å². The predicted octanol–water partition coefficient (Wildman–Crippen LogP) is 7.71.